The van der Waals surface area contributed by atoms with E-state index in [1.807, 2.05) is 10.5 Å². The molecule has 1 fully saturated rings. The monoisotopic (exact) mass is 282 g/mol. The van der Waals surface area contributed by atoms with Gasteiger partial charge >= 0.3 is 0 Å². The summed E-state index contributed by atoms with van der Waals surface area (Å²) in [5, 5.41) is 3.32. The minimum atomic E-state index is 0.726. The lowest BCUT2D eigenvalue weighted by Gasteiger charge is -2.27. The van der Waals surface area contributed by atoms with Crippen LogP contribution in [-0.4, -0.2) is 55.5 Å². The van der Waals surface area contributed by atoms with Crippen LogP contribution in [0.1, 0.15) is 0 Å². The third-order valence-corrected chi connectivity index (χ3v) is 3.49. The molecule has 0 saturated carbocycles. The van der Waals surface area contributed by atoms with E-state index in [2.05, 4.69) is 35.1 Å². The average molecular weight is 282 g/mol. The number of imidazole rings is 1. The second kappa shape index (κ2) is 5.06. The predicted octanol–water partition coefficient (Wildman–Crippen LogP) is -0.00910. The van der Waals surface area contributed by atoms with Gasteiger partial charge in [0.05, 0.1) is 6.20 Å². The summed E-state index contributed by atoms with van der Waals surface area (Å²) in [4.78, 5) is 23.8. The van der Waals surface area contributed by atoms with Crippen molar-refractivity contribution < 1.29 is 0 Å². The van der Waals surface area contributed by atoms with Gasteiger partial charge in [-0.1, -0.05) is 0 Å². The van der Waals surface area contributed by atoms with Gasteiger partial charge in [0.15, 0.2) is 11.5 Å². The summed E-state index contributed by atoms with van der Waals surface area (Å²) in [6, 6.07) is 1.85. The van der Waals surface area contributed by atoms with E-state index < -0.39 is 0 Å². The maximum absolute atomic E-state index is 4.64. The van der Waals surface area contributed by atoms with Gasteiger partial charge in [0.1, 0.15) is 18.3 Å². The van der Waals surface area contributed by atoms with E-state index in [0.717, 1.165) is 49.3 Å². The molecule has 0 aliphatic carbocycles. The Labute approximate surface area is 120 Å². The van der Waals surface area contributed by atoms with Gasteiger partial charge < -0.3 is 10.2 Å². The molecule has 8 heteroatoms. The predicted molar refractivity (Wildman–Crippen MR) is 76.9 cm³/mol. The zero-order valence-electron chi connectivity index (χ0n) is 11.3. The zero-order valence-corrected chi connectivity index (χ0v) is 11.3. The van der Waals surface area contributed by atoms with Crippen LogP contribution >= 0.6 is 0 Å². The molecule has 4 heterocycles. The highest BCUT2D eigenvalue weighted by atomic mass is 15.3. The molecule has 106 valence electrons. The van der Waals surface area contributed by atoms with Crippen molar-refractivity contribution in [3.05, 3.63) is 31.1 Å². The lowest BCUT2D eigenvalue weighted by Crippen LogP contribution is -2.44. The van der Waals surface area contributed by atoms with Gasteiger partial charge in [-0.2, -0.15) is 0 Å². The van der Waals surface area contributed by atoms with Crippen LogP contribution in [0.3, 0.4) is 0 Å². The molecule has 3 aromatic rings. The summed E-state index contributed by atoms with van der Waals surface area (Å²) in [5.41, 5.74) is 1.52. The van der Waals surface area contributed by atoms with Crippen LogP contribution in [0, 0.1) is 0 Å². The van der Waals surface area contributed by atoms with E-state index in [1.165, 1.54) is 6.33 Å². The molecule has 0 aromatic carbocycles. The van der Waals surface area contributed by atoms with Crippen LogP contribution in [0.4, 0.5) is 5.95 Å². The van der Waals surface area contributed by atoms with Gasteiger partial charge in [-0.25, -0.2) is 24.9 Å². The van der Waals surface area contributed by atoms with Gasteiger partial charge in [0.2, 0.25) is 5.95 Å². The minimum Gasteiger partial charge on any atom is -0.338 e. The fourth-order valence-electron chi connectivity index (χ4n) is 2.43. The van der Waals surface area contributed by atoms with Crippen molar-refractivity contribution in [3.63, 3.8) is 0 Å². The molecular formula is C13H14N8. The summed E-state index contributed by atoms with van der Waals surface area (Å²) in [6.45, 7) is 3.73. The molecule has 0 amide bonds. The summed E-state index contributed by atoms with van der Waals surface area (Å²) in [6.07, 6.45) is 6.68. The van der Waals surface area contributed by atoms with Crippen molar-refractivity contribution in [1.82, 2.24) is 34.6 Å². The van der Waals surface area contributed by atoms with Gasteiger partial charge in [0, 0.05) is 32.4 Å². The molecule has 21 heavy (non-hydrogen) atoms. The molecule has 1 N–H and O–H groups in total. The maximum Gasteiger partial charge on any atom is 0.226 e. The average Bonchev–Trinajstić information content (AvgIpc) is 3.00. The Kier molecular flexibility index (Phi) is 2.93. The Morgan fingerprint density at radius 3 is 2.90 bits per heavy atom. The number of piperazine rings is 1. The second-order valence-corrected chi connectivity index (χ2v) is 4.80. The van der Waals surface area contributed by atoms with E-state index >= 15 is 0 Å². The number of anilines is 1. The molecule has 8 nitrogen and oxygen atoms in total. The summed E-state index contributed by atoms with van der Waals surface area (Å²) in [5.74, 6) is 1.46. The molecule has 0 atom stereocenters. The second-order valence-electron chi connectivity index (χ2n) is 4.80. The minimum absolute atomic E-state index is 0.726. The number of nitrogens with zero attached hydrogens (tertiary/aromatic N) is 7. The van der Waals surface area contributed by atoms with Crippen molar-refractivity contribution >= 4 is 11.6 Å². The first-order valence-electron chi connectivity index (χ1n) is 6.84. The molecule has 3 aromatic heterocycles. The number of nitrogens with one attached hydrogen (secondary N) is 1. The third kappa shape index (κ3) is 2.19. The smallest absolute Gasteiger partial charge is 0.226 e. The quantitative estimate of drug-likeness (QED) is 0.707. The van der Waals surface area contributed by atoms with Crippen LogP contribution in [0.15, 0.2) is 31.1 Å². The largest absolute Gasteiger partial charge is 0.338 e. The Hall–Kier alpha value is -2.61. The SMILES string of the molecule is c1cc(-c2ncc3ncncn23)nc(N2CCNCC2)n1. The normalized spacial score (nSPS) is 15.5. The van der Waals surface area contributed by atoms with Crippen molar-refractivity contribution in [2.45, 2.75) is 0 Å². The standard InChI is InChI=1S/C13H14N8/c1-2-16-13(20-5-3-14-4-6-20)19-10(1)12-17-7-11-18-8-15-9-21(11)12/h1-2,7-9,14H,3-6H2. The molecule has 1 aliphatic heterocycles. The molecule has 4 rings (SSSR count). The topological polar surface area (TPSA) is 84.1 Å². The van der Waals surface area contributed by atoms with E-state index in [0.29, 0.717) is 0 Å². The van der Waals surface area contributed by atoms with E-state index in [-0.39, 0.29) is 0 Å². The van der Waals surface area contributed by atoms with Crippen molar-refractivity contribution in [3.8, 4) is 11.5 Å². The first-order chi connectivity index (χ1) is 10.4. The van der Waals surface area contributed by atoms with Crippen LogP contribution < -0.4 is 10.2 Å². The van der Waals surface area contributed by atoms with Gasteiger partial charge in [-0.3, -0.25) is 4.40 Å². The highest BCUT2D eigenvalue weighted by Crippen LogP contribution is 2.18. The van der Waals surface area contributed by atoms with Crippen LogP contribution in [0.25, 0.3) is 17.2 Å². The number of aromatic nitrogens is 6. The summed E-state index contributed by atoms with van der Waals surface area (Å²) in [7, 11) is 0. The Balaban J connectivity index is 1.75. The molecule has 1 aliphatic rings. The third-order valence-electron chi connectivity index (χ3n) is 3.49. The number of fused-ring (bicyclic) bond motifs is 1. The zero-order chi connectivity index (χ0) is 14.1. The first-order valence-corrected chi connectivity index (χ1v) is 6.84. The van der Waals surface area contributed by atoms with Crippen molar-refractivity contribution in [2.75, 3.05) is 31.1 Å². The number of hydrogen-bond acceptors (Lipinski definition) is 7. The van der Waals surface area contributed by atoms with Crippen LogP contribution in [0.5, 0.6) is 0 Å². The Bertz CT molecular complexity index is 761. The number of rotatable bonds is 2. The molecular weight excluding hydrogens is 268 g/mol. The first kappa shape index (κ1) is 12.2. The van der Waals surface area contributed by atoms with E-state index in [4.69, 9.17) is 0 Å². The summed E-state index contributed by atoms with van der Waals surface area (Å²) < 4.78 is 1.82. The van der Waals surface area contributed by atoms with Gasteiger partial charge in [-0.05, 0) is 6.07 Å². The Morgan fingerprint density at radius 1 is 1.10 bits per heavy atom. The maximum atomic E-state index is 4.64. The molecule has 0 radical (unpaired) electrons. The van der Waals surface area contributed by atoms with Crippen molar-refractivity contribution in [2.24, 2.45) is 0 Å². The lowest BCUT2D eigenvalue weighted by molar-refractivity contribution is 0.580. The van der Waals surface area contributed by atoms with Gasteiger partial charge in [-0.15, -0.1) is 0 Å². The summed E-state index contributed by atoms with van der Waals surface area (Å²) >= 11 is 0. The molecule has 0 bridgehead atoms. The van der Waals surface area contributed by atoms with E-state index in [1.54, 1.807) is 18.7 Å². The van der Waals surface area contributed by atoms with Gasteiger partial charge in [0.25, 0.3) is 0 Å². The fraction of sp³-hybridized carbons (Fsp3) is 0.308. The van der Waals surface area contributed by atoms with Crippen LogP contribution in [-0.2, 0) is 0 Å². The fourth-order valence-corrected chi connectivity index (χ4v) is 2.43. The Morgan fingerprint density at radius 2 is 2.00 bits per heavy atom. The van der Waals surface area contributed by atoms with Crippen molar-refractivity contribution in [1.29, 1.82) is 0 Å². The highest BCUT2D eigenvalue weighted by molar-refractivity contribution is 5.57. The van der Waals surface area contributed by atoms with E-state index in [9.17, 15) is 0 Å². The number of hydrogen-bond donors (Lipinski definition) is 1. The lowest BCUT2D eigenvalue weighted by atomic mass is 10.3. The highest BCUT2D eigenvalue weighted by Gasteiger charge is 2.15. The molecule has 0 spiro atoms. The molecule has 1 saturated heterocycles. The van der Waals surface area contributed by atoms with Crippen LogP contribution in [0.2, 0.25) is 0 Å². The molecule has 0 unspecified atom stereocenters.